The van der Waals surface area contributed by atoms with E-state index >= 15 is 0 Å². The third kappa shape index (κ3) is 5.78. The van der Waals surface area contributed by atoms with E-state index in [2.05, 4.69) is 50.4 Å². The molecule has 1 N–H and O–H groups in total. The molecule has 1 amide bonds. The quantitative estimate of drug-likeness (QED) is 0.158. The van der Waals surface area contributed by atoms with Gasteiger partial charge in [-0.2, -0.15) is 0 Å². The SMILES string of the molecule is Cc1cccc(-n2c(SCC(=O)Nc3ccc(Br)cc3)nc3sc4c(c3c2=O)CCN(Cc2ccccc2)C4)c1. The van der Waals surface area contributed by atoms with E-state index in [9.17, 15) is 9.59 Å². The number of amides is 1. The number of rotatable bonds is 7. The van der Waals surface area contributed by atoms with E-state index in [0.29, 0.717) is 10.5 Å². The first-order valence-electron chi connectivity index (χ1n) is 13.0. The maximum Gasteiger partial charge on any atom is 0.267 e. The van der Waals surface area contributed by atoms with Gasteiger partial charge in [-0.15, -0.1) is 11.3 Å². The van der Waals surface area contributed by atoms with Gasteiger partial charge in [-0.3, -0.25) is 19.1 Å². The highest BCUT2D eigenvalue weighted by Gasteiger charge is 2.26. The van der Waals surface area contributed by atoms with Crippen LogP contribution < -0.4 is 10.9 Å². The van der Waals surface area contributed by atoms with E-state index in [-0.39, 0.29) is 17.2 Å². The smallest absolute Gasteiger partial charge is 0.267 e. The Balaban J connectivity index is 1.33. The van der Waals surface area contributed by atoms with E-state index in [0.717, 1.165) is 57.9 Å². The number of carbonyl (C=O) groups is 1. The van der Waals surface area contributed by atoms with Crippen LogP contribution in [0.2, 0.25) is 0 Å². The van der Waals surface area contributed by atoms with Gasteiger partial charge in [0.1, 0.15) is 4.83 Å². The Hall–Kier alpha value is -3.24. The maximum atomic E-state index is 14.1. The van der Waals surface area contributed by atoms with Crippen LogP contribution in [0.15, 0.2) is 93.3 Å². The molecule has 0 spiro atoms. The number of aromatic nitrogens is 2. The van der Waals surface area contributed by atoms with Gasteiger partial charge in [0.25, 0.3) is 5.56 Å². The third-order valence-corrected chi connectivity index (χ3v) is 9.47. The van der Waals surface area contributed by atoms with Crippen LogP contribution in [0.3, 0.4) is 0 Å². The minimum absolute atomic E-state index is 0.0690. The fraction of sp³-hybridized carbons (Fsp3) is 0.194. The molecule has 0 saturated heterocycles. The van der Waals surface area contributed by atoms with Crippen LogP contribution in [-0.2, 0) is 24.3 Å². The molecule has 0 bridgehead atoms. The summed E-state index contributed by atoms with van der Waals surface area (Å²) in [4.78, 5) is 36.3. The zero-order chi connectivity index (χ0) is 27.6. The first kappa shape index (κ1) is 27.0. The summed E-state index contributed by atoms with van der Waals surface area (Å²) >= 11 is 6.30. The summed E-state index contributed by atoms with van der Waals surface area (Å²) in [6.45, 7) is 4.58. The van der Waals surface area contributed by atoms with Crippen LogP contribution in [-0.4, -0.2) is 32.7 Å². The van der Waals surface area contributed by atoms with E-state index in [1.165, 1.54) is 22.2 Å². The van der Waals surface area contributed by atoms with Gasteiger partial charge >= 0.3 is 0 Å². The second-order valence-electron chi connectivity index (χ2n) is 9.85. The number of nitrogens with zero attached hydrogens (tertiary/aromatic N) is 3. The molecular formula is C31H27BrN4O2S2. The Morgan fingerprint density at radius 2 is 1.88 bits per heavy atom. The van der Waals surface area contributed by atoms with Crippen molar-refractivity contribution in [1.29, 1.82) is 0 Å². The van der Waals surface area contributed by atoms with Crippen LogP contribution in [0.4, 0.5) is 5.69 Å². The monoisotopic (exact) mass is 630 g/mol. The highest BCUT2D eigenvalue weighted by Crippen LogP contribution is 2.35. The average Bonchev–Trinajstić information content (AvgIpc) is 3.31. The first-order chi connectivity index (χ1) is 19.4. The molecule has 202 valence electrons. The number of thiophene rings is 1. The standard InChI is InChI=1S/C31H27BrN4O2S2/c1-20-6-5-9-24(16-20)36-30(38)28-25-14-15-35(17-21-7-3-2-4-8-21)18-26(25)40-29(28)34-31(36)39-19-27(37)33-23-12-10-22(32)11-13-23/h2-13,16H,14-15,17-19H2,1H3,(H,33,37). The molecule has 1 aliphatic rings. The molecule has 3 aromatic carbocycles. The minimum Gasteiger partial charge on any atom is -0.325 e. The summed E-state index contributed by atoms with van der Waals surface area (Å²) < 4.78 is 2.62. The predicted octanol–water partition coefficient (Wildman–Crippen LogP) is 6.81. The van der Waals surface area contributed by atoms with Crippen LogP contribution >= 0.6 is 39.0 Å². The van der Waals surface area contributed by atoms with Gasteiger partial charge in [0.2, 0.25) is 5.91 Å². The van der Waals surface area contributed by atoms with Crippen molar-refractivity contribution >= 4 is 60.8 Å². The second-order valence-corrected chi connectivity index (χ2v) is 12.8. The third-order valence-electron chi connectivity index (χ3n) is 6.89. The van der Waals surface area contributed by atoms with Crippen LogP contribution in [0.1, 0.15) is 21.6 Å². The molecular weight excluding hydrogens is 604 g/mol. The number of hydrogen-bond donors (Lipinski definition) is 1. The summed E-state index contributed by atoms with van der Waals surface area (Å²) in [5, 5.41) is 4.16. The Labute approximate surface area is 249 Å². The highest BCUT2D eigenvalue weighted by atomic mass is 79.9. The zero-order valence-electron chi connectivity index (χ0n) is 21.9. The second kappa shape index (κ2) is 11.7. The van der Waals surface area contributed by atoms with Crippen LogP contribution in [0, 0.1) is 6.92 Å². The Kier molecular flexibility index (Phi) is 7.89. The number of fused-ring (bicyclic) bond motifs is 3. The van der Waals surface area contributed by atoms with Crippen molar-refractivity contribution in [2.75, 3.05) is 17.6 Å². The van der Waals surface area contributed by atoms with Crippen molar-refractivity contribution < 1.29 is 4.79 Å². The van der Waals surface area contributed by atoms with Gasteiger partial charge in [-0.1, -0.05) is 70.2 Å². The topological polar surface area (TPSA) is 67.2 Å². The van der Waals surface area contributed by atoms with Crippen LogP contribution in [0.25, 0.3) is 15.9 Å². The number of aryl methyl sites for hydroxylation is 1. The summed E-state index contributed by atoms with van der Waals surface area (Å²) in [5.41, 5.74) is 4.87. The molecule has 3 heterocycles. The molecule has 0 saturated carbocycles. The molecule has 0 atom stereocenters. The summed E-state index contributed by atoms with van der Waals surface area (Å²) in [5.74, 6) is -0.0186. The van der Waals surface area contributed by atoms with Gasteiger partial charge in [-0.05, 0) is 66.4 Å². The number of hydrogen-bond acceptors (Lipinski definition) is 6. The molecule has 0 fully saturated rings. The Bertz CT molecular complexity index is 1750. The van der Waals surface area contributed by atoms with Crippen molar-refractivity contribution in [3.63, 3.8) is 0 Å². The van der Waals surface area contributed by atoms with E-state index < -0.39 is 0 Å². The van der Waals surface area contributed by atoms with Crippen molar-refractivity contribution in [1.82, 2.24) is 14.5 Å². The number of anilines is 1. The summed E-state index contributed by atoms with van der Waals surface area (Å²) in [6, 6.07) is 25.8. The molecule has 0 radical (unpaired) electrons. The van der Waals surface area contributed by atoms with Gasteiger partial charge in [0.15, 0.2) is 5.16 Å². The fourth-order valence-corrected chi connectivity index (χ4v) is 7.39. The van der Waals surface area contributed by atoms with Gasteiger partial charge in [0, 0.05) is 34.7 Å². The molecule has 2 aromatic heterocycles. The zero-order valence-corrected chi connectivity index (χ0v) is 25.1. The number of carbonyl (C=O) groups excluding carboxylic acids is 1. The lowest BCUT2D eigenvalue weighted by atomic mass is 10.0. The molecule has 5 aromatic rings. The van der Waals surface area contributed by atoms with Gasteiger partial charge in [0.05, 0.1) is 16.8 Å². The molecule has 1 aliphatic heterocycles. The highest BCUT2D eigenvalue weighted by molar-refractivity contribution is 9.10. The van der Waals surface area contributed by atoms with Gasteiger partial charge in [-0.25, -0.2) is 4.98 Å². The van der Waals surface area contributed by atoms with Crippen molar-refractivity contribution in [2.24, 2.45) is 0 Å². The van der Waals surface area contributed by atoms with Crippen molar-refractivity contribution in [3.05, 3.63) is 115 Å². The van der Waals surface area contributed by atoms with Crippen LogP contribution in [0.5, 0.6) is 0 Å². The largest absolute Gasteiger partial charge is 0.325 e. The molecule has 6 nitrogen and oxygen atoms in total. The summed E-state index contributed by atoms with van der Waals surface area (Å²) in [7, 11) is 0. The predicted molar refractivity (Wildman–Crippen MR) is 168 cm³/mol. The van der Waals surface area contributed by atoms with Gasteiger partial charge < -0.3 is 5.32 Å². The lowest BCUT2D eigenvalue weighted by Crippen LogP contribution is -2.30. The number of halogens is 1. The fourth-order valence-electron chi connectivity index (χ4n) is 5.01. The number of nitrogens with one attached hydrogen (secondary N) is 1. The Morgan fingerprint density at radius 1 is 1.07 bits per heavy atom. The van der Waals surface area contributed by atoms with E-state index in [1.807, 2.05) is 61.5 Å². The normalized spacial score (nSPS) is 13.3. The maximum absolute atomic E-state index is 14.1. The molecule has 9 heteroatoms. The molecule has 0 unspecified atom stereocenters. The summed E-state index contributed by atoms with van der Waals surface area (Å²) in [6.07, 6.45) is 0.814. The first-order valence-corrected chi connectivity index (χ1v) is 15.6. The number of benzene rings is 3. The molecule has 6 rings (SSSR count). The molecule has 40 heavy (non-hydrogen) atoms. The van der Waals surface area contributed by atoms with E-state index in [1.54, 1.807) is 15.9 Å². The Morgan fingerprint density at radius 3 is 2.65 bits per heavy atom. The lowest BCUT2D eigenvalue weighted by Gasteiger charge is -2.26. The average molecular weight is 632 g/mol. The van der Waals surface area contributed by atoms with Crippen molar-refractivity contribution in [2.45, 2.75) is 31.6 Å². The molecule has 0 aliphatic carbocycles. The number of thioether (sulfide) groups is 1. The minimum atomic E-state index is -0.153. The lowest BCUT2D eigenvalue weighted by molar-refractivity contribution is -0.113. The van der Waals surface area contributed by atoms with Crippen molar-refractivity contribution in [3.8, 4) is 5.69 Å². The van der Waals surface area contributed by atoms with E-state index in [4.69, 9.17) is 4.98 Å².